The average Bonchev–Trinajstić information content (AvgIpc) is 2.85. The van der Waals surface area contributed by atoms with E-state index in [9.17, 15) is 4.79 Å². The molecule has 0 amide bonds. The van der Waals surface area contributed by atoms with Gasteiger partial charge >= 0.3 is 5.97 Å². The third kappa shape index (κ3) is 1.59. The predicted molar refractivity (Wildman–Crippen MR) is 55.2 cm³/mol. The Bertz CT molecular complexity index is 405. The maximum absolute atomic E-state index is 10.7. The fourth-order valence-electron chi connectivity index (χ4n) is 2.80. The third-order valence-electron chi connectivity index (χ3n) is 3.55. The molecule has 3 heterocycles. The van der Waals surface area contributed by atoms with Gasteiger partial charge in [0.2, 0.25) is 0 Å². The van der Waals surface area contributed by atoms with E-state index in [0.717, 1.165) is 12.8 Å². The van der Waals surface area contributed by atoms with Crippen molar-refractivity contribution >= 4 is 5.97 Å². The van der Waals surface area contributed by atoms with Crippen LogP contribution in [0.25, 0.3) is 0 Å². The lowest BCUT2D eigenvalue weighted by Crippen LogP contribution is -2.39. The largest absolute Gasteiger partial charge is 0.476 e. The molecule has 0 aromatic carbocycles. The van der Waals surface area contributed by atoms with Crippen molar-refractivity contribution in [3.63, 3.8) is 0 Å². The van der Waals surface area contributed by atoms with Gasteiger partial charge < -0.3 is 10.4 Å². The SMILES string of the molecule is O=C(O)c1cn(C2C[C@@H]3CC[C@@H](C2)N3)nn1. The molecule has 2 atom stereocenters. The summed E-state index contributed by atoms with van der Waals surface area (Å²) in [5.41, 5.74) is 0.0332. The summed E-state index contributed by atoms with van der Waals surface area (Å²) in [6.45, 7) is 0. The van der Waals surface area contributed by atoms with Crippen LogP contribution in [0.1, 0.15) is 42.2 Å². The summed E-state index contributed by atoms with van der Waals surface area (Å²) in [5.74, 6) is -1.01. The number of carbonyl (C=O) groups is 1. The first-order valence-corrected chi connectivity index (χ1v) is 5.63. The summed E-state index contributed by atoms with van der Waals surface area (Å²) in [7, 11) is 0. The molecule has 6 heteroatoms. The maximum Gasteiger partial charge on any atom is 0.358 e. The zero-order chi connectivity index (χ0) is 11.1. The van der Waals surface area contributed by atoms with Crippen molar-refractivity contribution in [3.05, 3.63) is 11.9 Å². The Morgan fingerprint density at radius 1 is 1.44 bits per heavy atom. The third-order valence-corrected chi connectivity index (χ3v) is 3.55. The molecule has 0 aliphatic carbocycles. The number of aromatic carboxylic acids is 1. The summed E-state index contributed by atoms with van der Waals surface area (Å²) in [5, 5.41) is 19.9. The fraction of sp³-hybridized carbons (Fsp3) is 0.700. The van der Waals surface area contributed by atoms with Gasteiger partial charge in [0.05, 0.1) is 12.2 Å². The molecule has 2 saturated heterocycles. The molecule has 86 valence electrons. The molecular formula is C10H14N4O2. The minimum absolute atomic E-state index is 0.0332. The highest BCUT2D eigenvalue weighted by atomic mass is 16.4. The number of carboxylic acid groups (broad SMARTS) is 1. The zero-order valence-electron chi connectivity index (χ0n) is 8.83. The van der Waals surface area contributed by atoms with Crippen LogP contribution in [0.5, 0.6) is 0 Å². The van der Waals surface area contributed by atoms with E-state index < -0.39 is 5.97 Å². The molecule has 0 radical (unpaired) electrons. The first-order chi connectivity index (χ1) is 7.72. The Hall–Kier alpha value is -1.43. The Morgan fingerprint density at radius 2 is 2.12 bits per heavy atom. The summed E-state index contributed by atoms with van der Waals surface area (Å²) < 4.78 is 1.72. The first kappa shape index (κ1) is 9.77. The standard InChI is InChI=1S/C10H14N4O2/c15-10(16)9-5-14(13-12-9)8-3-6-1-2-7(4-8)11-6/h5-8,11H,1-4H2,(H,15,16)/t6-,7-/m0/s1. The second kappa shape index (κ2) is 3.55. The van der Waals surface area contributed by atoms with Gasteiger partial charge in [0.15, 0.2) is 5.69 Å². The molecule has 2 bridgehead atoms. The lowest BCUT2D eigenvalue weighted by molar-refractivity contribution is 0.0690. The quantitative estimate of drug-likeness (QED) is 0.758. The second-order valence-electron chi connectivity index (χ2n) is 4.65. The lowest BCUT2D eigenvalue weighted by atomic mass is 10.0. The maximum atomic E-state index is 10.7. The number of nitrogens with zero attached hydrogens (tertiary/aromatic N) is 3. The molecule has 2 N–H and O–H groups in total. The van der Waals surface area contributed by atoms with Gasteiger partial charge in [0, 0.05) is 12.1 Å². The molecule has 0 saturated carbocycles. The Labute approximate surface area is 92.6 Å². The van der Waals surface area contributed by atoms with Gasteiger partial charge in [0.1, 0.15) is 0 Å². The molecule has 2 aliphatic heterocycles. The minimum Gasteiger partial charge on any atom is -0.476 e. The van der Waals surface area contributed by atoms with Crippen LogP contribution in [-0.2, 0) is 0 Å². The molecule has 2 fully saturated rings. The van der Waals surface area contributed by atoms with Gasteiger partial charge in [-0.3, -0.25) is 0 Å². The summed E-state index contributed by atoms with van der Waals surface area (Å²) in [6.07, 6.45) is 6.04. The van der Waals surface area contributed by atoms with Crippen molar-refractivity contribution < 1.29 is 9.90 Å². The smallest absolute Gasteiger partial charge is 0.358 e. The number of nitrogens with one attached hydrogen (secondary N) is 1. The summed E-state index contributed by atoms with van der Waals surface area (Å²) in [4.78, 5) is 10.7. The molecule has 0 unspecified atom stereocenters. The van der Waals surface area contributed by atoms with Crippen LogP contribution in [-0.4, -0.2) is 38.2 Å². The Morgan fingerprint density at radius 3 is 2.69 bits per heavy atom. The molecule has 2 aliphatic rings. The second-order valence-corrected chi connectivity index (χ2v) is 4.65. The highest BCUT2D eigenvalue weighted by molar-refractivity contribution is 5.84. The number of carboxylic acids is 1. The van der Waals surface area contributed by atoms with Gasteiger partial charge in [-0.1, -0.05) is 5.21 Å². The lowest BCUT2D eigenvalue weighted by Gasteiger charge is -2.28. The van der Waals surface area contributed by atoms with Crippen LogP contribution < -0.4 is 5.32 Å². The van der Waals surface area contributed by atoms with E-state index in [1.54, 1.807) is 4.68 Å². The van der Waals surface area contributed by atoms with E-state index in [2.05, 4.69) is 15.6 Å². The number of hydrogen-bond donors (Lipinski definition) is 2. The van der Waals surface area contributed by atoms with Gasteiger partial charge in [-0.2, -0.15) is 0 Å². The van der Waals surface area contributed by atoms with Crippen molar-refractivity contribution in [2.24, 2.45) is 0 Å². The first-order valence-electron chi connectivity index (χ1n) is 5.63. The van der Waals surface area contributed by atoms with E-state index >= 15 is 0 Å². The number of aromatic nitrogens is 3. The molecule has 1 aromatic heterocycles. The summed E-state index contributed by atoms with van der Waals surface area (Å²) in [6, 6.07) is 1.45. The van der Waals surface area contributed by atoms with Gasteiger partial charge in [-0.25, -0.2) is 9.48 Å². The van der Waals surface area contributed by atoms with E-state index in [4.69, 9.17) is 5.11 Å². The monoisotopic (exact) mass is 222 g/mol. The molecule has 16 heavy (non-hydrogen) atoms. The van der Waals surface area contributed by atoms with E-state index in [1.807, 2.05) is 0 Å². The van der Waals surface area contributed by atoms with E-state index in [1.165, 1.54) is 19.0 Å². The predicted octanol–water partition coefficient (Wildman–Crippen LogP) is 0.432. The Balaban J connectivity index is 1.79. The number of fused-ring (bicyclic) bond motifs is 2. The van der Waals surface area contributed by atoms with Crippen molar-refractivity contribution in [1.29, 1.82) is 0 Å². The van der Waals surface area contributed by atoms with Crippen LogP contribution in [0.15, 0.2) is 6.20 Å². The minimum atomic E-state index is -1.01. The number of rotatable bonds is 2. The van der Waals surface area contributed by atoms with E-state index in [-0.39, 0.29) is 5.69 Å². The van der Waals surface area contributed by atoms with Crippen LogP contribution in [0.3, 0.4) is 0 Å². The zero-order valence-corrected chi connectivity index (χ0v) is 8.83. The van der Waals surface area contributed by atoms with Gasteiger partial charge in [0.25, 0.3) is 0 Å². The van der Waals surface area contributed by atoms with Crippen molar-refractivity contribution in [2.45, 2.75) is 43.8 Å². The molecule has 0 spiro atoms. The molecule has 3 rings (SSSR count). The molecule has 1 aromatic rings. The van der Waals surface area contributed by atoms with Crippen LogP contribution in [0.4, 0.5) is 0 Å². The topological polar surface area (TPSA) is 80.0 Å². The molecule has 6 nitrogen and oxygen atoms in total. The van der Waals surface area contributed by atoms with Crippen molar-refractivity contribution in [2.75, 3.05) is 0 Å². The van der Waals surface area contributed by atoms with Gasteiger partial charge in [-0.05, 0) is 25.7 Å². The normalized spacial score (nSPS) is 32.9. The van der Waals surface area contributed by atoms with Gasteiger partial charge in [-0.15, -0.1) is 5.10 Å². The van der Waals surface area contributed by atoms with Crippen molar-refractivity contribution in [3.8, 4) is 0 Å². The van der Waals surface area contributed by atoms with E-state index in [0.29, 0.717) is 18.1 Å². The summed E-state index contributed by atoms with van der Waals surface area (Å²) >= 11 is 0. The number of hydrogen-bond acceptors (Lipinski definition) is 4. The highest BCUT2D eigenvalue weighted by Gasteiger charge is 2.34. The van der Waals surface area contributed by atoms with Crippen LogP contribution in [0, 0.1) is 0 Å². The van der Waals surface area contributed by atoms with Crippen molar-refractivity contribution in [1.82, 2.24) is 20.3 Å². The number of piperidine rings is 1. The fourth-order valence-corrected chi connectivity index (χ4v) is 2.80. The Kier molecular flexibility index (Phi) is 2.17. The highest BCUT2D eigenvalue weighted by Crippen LogP contribution is 2.33. The molecular weight excluding hydrogens is 208 g/mol. The van der Waals surface area contributed by atoms with Crippen LogP contribution >= 0.6 is 0 Å². The average molecular weight is 222 g/mol. The van der Waals surface area contributed by atoms with Crippen LogP contribution in [0.2, 0.25) is 0 Å².